The van der Waals surface area contributed by atoms with Gasteiger partial charge in [0.05, 0.1) is 11.6 Å². The molecule has 0 spiro atoms. The highest BCUT2D eigenvalue weighted by Gasteiger charge is 2.16. The third-order valence-corrected chi connectivity index (χ3v) is 4.74. The minimum Gasteiger partial charge on any atom is -0.488 e. The molecule has 29 heavy (non-hydrogen) atoms. The zero-order valence-electron chi connectivity index (χ0n) is 15.5. The van der Waals surface area contributed by atoms with Crippen LogP contribution < -0.4 is 4.74 Å². The monoisotopic (exact) mass is 407 g/mol. The second-order valence-corrected chi connectivity index (χ2v) is 6.82. The molecule has 7 nitrogen and oxygen atoms in total. The fraction of sp³-hybridized carbons (Fsp3) is 0.143. The molecule has 1 heterocycles. The lowest BCUT2D eigenvalue weighted by atomic mass is 10.1. The van der Waals surface area contributed by atoms with E-state index in [1.807, 2.05) is 19.1 Å². The minimum absolute atomic E-state index is 0.0183. The first-order valence-electron chi connectivity index (χ1n) is 8.75. The average Bonchev–Trinajstić information content (AvgIpc) is 3.20. The molecule has 0 aliphatic heterocycles. The van der Waals surface area contributed by atoms with Gasteiger partial charge >= 0.3 is 5.97 Å². The molecule has 0 aliphatic rings. The number of aromatic nitrogens is 2. The number of hydrogen-bond donors (Lipinski definition) is 1. The number of hydrogen-bond acceptors (Lipinski definition) is 7. The predicted molar refractivity (Wildman–Crippen MR) is 107 cm³/mol. The Kier molecular flexibility index (Phi) is 6.66. The van der Waals surface area contributed by atoms with Crippen molar-refractivity contribution in [3.8, 4) is 11.8 Å². The Morgan fingerprint density at radius 2 is 2.00 bits per heavy atom. The van der Waals surface area contributed by atoms with Gasteiger partial charge in [-0.1, -0.05) is 43.3 Å². The van der Waals surface area contributed by atoms with Crippen LogP contribution in [0.5, 0.6) is 5.75 Å². The highest BCUT2D eigenvalue weighted by molar-refractivity contribution is 8.03. The zero-order chi connectivity index (χ0) is 20.6. The molecule has 0 bridgehead atoms. The summed E-state index contributed by atoms with van der Waals surface area (Å²) in [7, 11) is 0. The SMILES string of the molecule is CCc1nnc(S/C(=C\c2ccccc2OCc2ccccc2C#N)C(=O)O)o1. The van der Waals surface area contributed by atoms with Gasteiger partial charge in [0.25, 0.3) is 5.22 Å². The predicted octanol–water partition coefficient (Wildman–Crippen LogP) is 4.30. The number of nitriles is 1. The molecule has 146 valence electrons. The van der Waals surface area contributed by atoms with Crippen molar-refractivity contribution in [3.05, 3.63) is 76.0 Å². The summed E-state index contributed by atoms with van der Waals surface area (Å²) < 4.78 is 11.3. The van der Waals surface area contributed by atoms with Gasteiger partial charge in [0, 0.05) is 17.5 Å². The zero-order valence-corrected chi connectivity index (χ0v) is 16.3. The summed E-state index contributed by atoms with van der Waals surface area (Å²) >= 11 is 0.880. The number of rotatable bonds is 8. The smallest absolute Gasteiger partial charge is 0.342 e. The molecule has 0 aliphatic carbocycles. The van der Waals surface area contributed by atoms with Crippen molar-refractivity contribution in [1.82, 2.24) is 10.2 Å². The molecule has 1 N–H and O–H groups in total. The van der Waals surface area contributed by atoms with Crippen LogP contribution in [0.3, 0.4) is 0 Å². The van der Waals surface area contributed by atoms with Crippen molar-refractivity contribution in [2.45, 2.75) is 25.2 Å². The molecule has 0 fully saturated rings. The van der Waals surface area contributed by atoms with E-state index in [1.54, 1.807) is 36.4 Å². The van der Waals surface area contributed by atoms with Crippen molar-refractivity contribution in [1.29, 1.82) is 5.26 Å². The fourth-order valence-electron chi connectivity index (χ4n) is 2.43. The highest BCUT2D eigenvalue weighted by atomic mass is 32.2. The molecule has 3 aromatic rings. The van der Waals surface area contributed by atoms with Crippen molar-refractivity contribution in [2.75, 3.05) is 0 Å². The molecule has 3 rings (SSSR count). The fourth-order valence-corrected chi connectivity index (χ4v) is 3.12. The topological polar surface area (TPSA) is 109 Å². The summed E-state index contributed by atoms with van der Waals surface area (Å²) in [5, 5.41) is 26.6. The molecule has 0 saturated heterocycles. The summed E-state index contributed by atoms with van der Waals surface area (Å²) in [6, 6.07) is 16.4. The number of nitrogens with zero attached hydrogens (tertiary/aromatic N) is 3. The number of ether oxygens (including phenoxy) is 1. The van der Waals surface area contributed by atoms with Gasteiger partial charge in [-0.2, -0.15) is 5.26 Å². The summed E-state index contributed by atoms with van der Waals surface area (Å²) in [6.45, 7) is 2.06. The lowest BCUT2D eigenvalue weighted by Crippen LogP contribution is -2.00. The Labute approximate surface area is 171 Å². The first-order chi connectivity index (χ1) is 14.1. The maximum Gasteiger partial charge on any atom is 0.342 e. The van der Waals surface area contributed by atoms with Crippen molar-refractivity contribution in [2.24, 2.45) is 0 Å². The highest BCUT2D eigenvalue weighted by Crippen LogP contribution is 2.30. The number of aryl methyl sites for hydroxylation is 1. The first-order valence-corrected chi connectivity index (χ1v) is 9.57. The Morgan fingerprint density at radius 3 is 2.72 bits per heavy atom. The third-order valence-electron chi connectivity index (χ3n) is 3.89. The second kappa shape index (κ2) is 9.57. The number of carboxylic acid groups (broad SMARTS) is 1. The van der Waals surface area contributed by atoms with Crippen LogP contribution in [0.2, 0.25) is 0 Å². The maximum absolute atomic E-state index is 11.7. The first kappa shape index (κ1) is 20.2. The largest absolute Gasteiger partial charge is 0.488 e. The molecule has 0 unspecified atom stereocenters. The van der Waals surface area contributed by atoms with Gasteiger partial charge in [-0.3, -0.25) is 0 Å². The van der Waals surface area contributed by atoms with Crippen LogP contribution in [-0.2, 0) is 17.8 Å². The summed E-state index contributed by atoms with van der Waals surface area (Å²) in [5.74, 6) is -0.174. The number of thioether (sulfide) groups is 1. The van der Waals surface area contributed by atoms with E-state index in [0.29, 0.717) is 29.2 Å². The van der Waals surface area contributed by atoms with E-state index in [9.17, 15) is 15.2 Å². The number of benzene rings is 2. The number of carbonyl (C=O) groups is 1. The van der Waals surface area contributed by atoms with E-state index >= 15 is 0 Å². The summed E-state index contributed by atoms with van der Waals surface area (Å²) in [6.07, 6.45) is 2.06. The normalized spacial score (nSPS) is 11.1. The quantitative estimate of drug-likeness (QED) is 0.435. The maximum atomic E-state index is 11.7. The Balaban J connectivity index is 1.83. The Hall–Kier alpha value is -3.57. The van der Waals surface area contributed by atoms with Gasteiger partial charge < -0.3 is 14.3 Å². The molecule has 0 atom stereocenters. The van der Waals surface area contributed by atoms with Gasteiger partial charge in [0.1, 0.15) is 17.3 Å². The third kappa shape index (κ3) is 5.24. The van der Waals surface area contributed by atoms with Crippen LogP contribution >= 0.6 is 11.8 Å². The number of aliphatic carboxylic acids is 1. The van der Waals surface area contributed by atoms with E-state index in [2.05, 4.69) is 16.3 Å². The summed E-state index contributed by atoms with van der Waals surface area (Å²) in [5.41, 5.74) is 1.87. The molecule has 0 amide bonds. The van der Waals surface area contributed by atoms with Crippen LogP contribution in [0.15, 0.2) is 63.1 Å². The van der Waals surface area contributed by atoms with Gasteiger partial charge in [0.15, 0.2) is 0 Å². The van der Waals surface area contributed by atoms with E-state index < -0.39 is 5.97 Å². The molecule has 8 heteroatoms. The van der Waals surface area contributed by atoms with Crippen LogP contribution in [0.4, 0.5) is 0 Å². The molecule has 1 aromatic heterocycles. The van der Waals surface area contributed by atoms with Gasteiger partial charge in [-0.15, -0.1) is 10.2 Å². The van der Waals surface area contributed by atoms with E-state index in [1.165, 1.54) is 6.08 Å². The van der Waals surface area contributed by atoms with E-state index in [-0.39, 0.29) is 16.7 Å². The molecule has 2 aromatic carbocycles. The lowest BCUT2D eigenvalue weighted by molar-refractivity contribution is -0.131. The van der Waals surface area contributed by atoms with E-state index in [4.69, 9.17) is 9.15 Å². The lowest BCUT2D eigenvalue weighted by Gasteiger charge is -2.10. The van der Waals surface area contributed by atoms with Crippen LogP contribution in [0.1, 0.15) is 29.5 Å². The average molecular weight is 407 g/mol. The van der Waals surface area contributed by atoms with Crippen molar-refractivity contribution in [3.63, 3.8) is 0 Å². The summed E-state index contributed by atoms with van der Waals surface area (Å²) in [4.78, 5) is 11.7. The molecular formula is C21H17N3O4S. The van der Waals surface area contributed by atoms with Gasteiger partial charge in [0.2, 0.25) is 5.89 Å². The van der Waals surface area contributed by atoms with Crippen LogP contribution in [0, 0.1) is 11.3 Å². The Morgan fingerprint density at radius 1 is 1.24 bits per heavy atom. The minimum atomic E-state index is -1.11. The number of para-hydroxylation sites is 1. The molecule has 0 radical (unpaired) electrons. The van der Waals surface area contributed by atoms with Crippen molar-refractivity contribution >= 4 is 23.8 Å². The molecular weight excluding hydrogens is 390 g/mol. The standard InChI is InChI=1S/C21H17N3O4S/c1-2-19-23-24-21(28-19)29-18(20(25)26)11-14-7-5-6-10-17(14)27-13-16-9-4-3-8-15(16)12-22/h3-11H,2,13H2,1H3,(H,25,26)/b18-11-. The van der Waals surface area contributed by atoms with Crippen LogP contribution in [-0.4, -0.2) is 21.3 Å². The van der Waals surface area contributed by atoms with Crippen LogP contribution in [0.25, 0.3) is 6.08 Å². The van der Waals surface area contributed by atoms with E-state index in [0.717, 1.165) is 17.3 Å². The van der Waals surface area contributed by atoms with Gasteiger partial charge in [-0.05, 0) is 30.0 Å². The second-order valence-electron chi connectivity index (χ2n) is 5.83. The number of carboxylic acids is 1. The Bertz CT molecular complexity index is 1090. The molecule has 0 saturated carbocycles. The van der Waals surface area contributed by atoms with Gasteiger partial charge in [-0.25, -0.2) is 4.79 Å². The van der Waals surface area contributed by atoms with Crippen molar-refractivity contribution < 1.29 is 19.1 Å².